The van der Waals surface area contributed by atoms with Crippen LogP contribution in [0.1, 0.15) is 44.7 Å². The van der Waals surface area contributed by atoms with E-state index in [0.29, 0.717) is 17.4 Å². The molecule has 0 radical (unpaired) electrons. The van der Waals surface area contributed by atoms with Crippen LogP contribution in [0.15, 0.2) is 66.7 Å². The van der Waals surface area contributed by atoms with E-state index in [1.165, 1.54) is 11.6 Å². The summed E-state index contributed by atoms with van der Waals surface area (Å²) in [4.78, 5) is 0. The molecule has 0 atom stereocenters. The second-order valence-corrected chi connectivity index (χ2v) is 8.40. The molecule has 0 aliphatic carbocycles. The first-order valence-corrected chi connectivity index (χ1v) is 10.7. The zero-order valence-electron chi connectivity index (χ0n) is 17.8. The lowest BCUT2D eigenvalue weighted by molar-refractivity contribution is 0.340. The number of hydrogen-bond donors (Lipinski definition) is 0. The average molecular weight is 427 g/mol. The van der Waals surface area contributed by atoms with Gasteiger partial charge in [0.05, 0.1) is 11.6 Å². The number of rotatable bonds is 9. The van der Waals surface area contributed by atoms with Crippen LogP contribution >= 0.6 is 11.6 Å². The summed E-state index contributed by atoms with van der Waals surface area (Å²) in [6.45, 7) is 6.97. The highest BCUT2D eigenvalue weighted by Crippen LogP contribution is 2.35. The smallest absolute Gasteiger partial charge is 0.165 e. The van der Waals surface area contributed by atoms with Crippen molar-refractivity contribution in [2.45, 2.75) is 45.4 Å². The number of para-hydroxylation sites is 1. The van der Waals surface area contributed by atoms with Gasteiger partial charge < -0.3 is 9.47 Å². The lowest BCUT2D eigenvalue weighted by Crippen LogP contribution is -2.17. The molecule has 3 rings (SSSR count). The van der Waals surface area contributed by atoms with E-state index < -0.39 is 0 Å². The minimum atomic E-state index is -0.355. The van der Waals surface area contributed by atoms with Gasteiger partial charge in [-0.3, -0.25) is 0 Å². The van der Waals surface area contributed by atoms with E-state index in [1.54, 1.807) is 6.07 Å². The zero-order chi connectivity index (χ0) is 21.6. The van der Waals surface area contributed by atoms with Crippen molar-refractivity contribution in [2.75, 3.05) is 6.61 Å². The summed E-state index contributed by atoms with van der Waals surface area (Å²) in [7, 11) is 0. The molecule has 0 spiro atoms. The van der Waals surface area contributed by atoms with Crippen molar-refractivity contribution in [1.82, 2.24) is 0 Å². The molecule has 4 heteroatoms. The van der Waals surface area contributed by atoms with E-state index in [4.69, 9.17) is 21.1 Å². The summed E-state index contributed by atoms with van der Waals surface area (Å²) in [6.07, 6.45) is 2.79. The van der Waals surface area contributed by atoms with Crippen molar-refractivity contribution in [1.29, 1.82) is 0 Å². The Kier molecular flexibility index (Phi) is 7.38. The van der Waals surface area contributed by atoms with Crippen molar-refractivity contribution >= 4 is 11.6 Å². The fraction of sp³-hybridized carbons (Fsp3) is 0.308. The van der Waals surface area contributed by atoms with Crippen LogP contribution in [0.4, 0.5) is 4.39 Å². The normalized spacial score (nSPS) is 11.4. The van der Waals surface area contributed by atoms with Crippen LogP contribution in [-0.2, 0) is 11.8 Å². The number of halogens is 2. The molecule has 0 aliphatic heterocycles. The molecule has 0 aromatic heterocycles. The highest BCUT2D eigenvalue weighted by atomic mass is 35.5. The standard InChI is InChI=1S/C26H28ClFO2/c1-4-29-24-15-13-20(18-22(24)27)26(2,3)16-8-9-19-12-14-23(28)25(17-19)30-21-10-6-5-7-11-21/h5-7,10-15,17-18H,4,8-9,16H2,1-3H3. The van der Waals surface area contributed by atoms with Gasteiger partial charge in [0.1, 0.15) is 11.5 Å². The fourth-order valence-electron chi connectivity index (χ4n) is 3.47. The summed E-state index contributed by atoms with van der Waals surface area (Å²) >= 11 is 6.37. The molecule has 0 saturated heterocycles. The third kappa shape index (κ3) is 5.76. The lowest BCUT2D eigenvalue weighted by atomic mass is 9.80. The van der Waals surface area contributed by atoms with Gasteiger partial charge in [0, 0.05) is 0 Å². The van der Waals surface area contributed by atoms with Crippen molar-refractivity contribution in [3.8, 4) is 17.2 Å². The van der Waals surface area contributed by atoms with Crippen molar-refractivity contribution in [3.63, 3.8) is 0 Å². The maximum absolute atomic E-state index is 14.2. The SMILES string of the molecule is CCOc1ccc(C(C)(C)CCCc2ccc(F)c(Oc3ccccc3)c2)cc1Cl. The topological polar surface area (TPSA) is 18.5 Å². The molecule has 3 aromatic carbocycles. The number of ether oxygens (including phenoxy) is 2. The largest absolute Gasteiger partial charge is 0.492 e. The van der Waals surface area contributed by atoms with Gasteiger partial charge in [0.25, 0.3) is 0 Å². The van der Waals surface area contributed by atoms with Crippen LogP contribution in [0.2, 0.25) is 5.02 Å². The Balaban J connectivity index is 1.63. The summed E-state index contributed by atoms with van der Waals surface area (Å²) in [5, 5.41) is 0.642. The molecule has 0 amide bonds. The first kappa shape index (κ1) is 22.2. The molecular weight excluding hydrogens is 399 g/mol. The summed E-state index contributed by atoms with van der Waals surface area (Å²) in [5.41, 5.74) is 2.21. The van der Waals surface area contributed by atoms with E-state index in [9.17, 15) is 4.39 Å². The maximum atomic E-state index is 14.2. The van der Waals surface area contributed by atoms with Gasteiger partial charge in [-0.05, 0) is 79.1 Å². The van der Waals surface area contributed by atoms with Crippen molar-refractivity contribution in [2.24, 2.45) is 0 Å². The third-order valence-corrected chi connectivity index (χ3v) is 5.54. The Morgan fingerprint density at radius 2 is 1.70 bits per heavy atom. The molecule has 158 valence electrons. The average Bonchev–Trinajstić information content (AvgIpc) is 2.72. The monoisotopic (exact) mass is 426 g/mol. The van der Waals surface area contributed by atoms with Crippen LogP contribution in [-0.4, -0.2) is 6.61 Å². The molecule has 0 bridgehead atoms. The first-order valence-electron chi connectivity index (χ1n) is 10.3. The van der Waals surface area contributed by atoms with Gasteiger partial charge in [-0.15, -0.1) is 0 Å². The highest BCUT2D eigenvalue weighted by molar-refractivity contribution is 6.32. The maximum Gasteiger partial charge on any atom is 0.165 e. The van der Waals surface area contributed by atoms with E-state index in [0.717, 1.165) is 30.6 Å². The van der Waals surface area contributed by atoms with Gasteiger partial charge in [0.15, 0.2) is 11.6 Å². The number of hydrogen-bond acceptors (Lipinski definition) is 2. The zero-order valence-corrected chi connectivity index (χ0v) is 18.5. The van der Waals surface area contributed by atoms with Gasteiger partial charge in [0.2, 0.25) is 0 Å². The van der Waals surface area contributed by atoms with E-state index in [2.05, 4.69) is 19.9 Å². The molecule has 0 heterocycles. The Morgan fingerprint density at radius 1 is 0.933 bits per heavy atom. The summed E-state index contributed by atoms with van der Waals surface area (Å²) < 4.78 is 25.4. The first-order chi connectivity index (χ1) is 14.4. The Hall–Kier alpha value is -2.52. The lowest BCUT2D eigenvalue weighted by Gasteiger charge is -2.26. The Labute approximate surface area is 183 Å². The molecule has 0 saturated carbocycles. The van der Waals surface area contributed by atoms with E-state index in [-0.39, 0.29) is 17.0 Å². The molecule has 0 aliphatic rings. The van der Waals surface area contributed by atoms with Crippen LogP contribution in [0.25, 0.3) is 0 Å². The molecular formula is C26H28ClFO2. The van der Waals surface area contributed by atoms with Crippen LogP contribution in [0, 0.1) is 5.82 Å². The van der Waals surface area contributed by atoms with Crippen LogP contribution < -0.4 is 9.47 Å². The summed E-state index contributed by atoms with van der Waals surface area (Å²) in [5.74, 6) is 1.25. The molecule has 30 heavy (non-hydrogen) atoms. The third-order valence-electron chi connectivity index (χ3n) is 5.25. The Morgan fingerprint density at radius 3 is 2.40 bits per heavy atom. The van der Waals surface area contributed by atoms with Gasteiger partial charge in [-0.25, -0.2) is 4.39 Å². The van der Waals surface area contributed by atoms with Gasteiger partial charge >= 0.3 is 0 Å². The van der Waals surface area contributed by atoms with Crippen LogP contribution in [0.3, 0.4) is 0 Å². The van der Waals surface area contributed by atoms with Crippen molar-refractivity contribution < 1.29 is 13.9 Å². The summed E-state index contributed by atoms with van der Waals surface area (Å²) in [6, 6.07) is 20.4. The fourth-order valence-corrected chi connectivity index (χ4v) is 3.71. The molecule has 0 fully saturated rings. The van der Waals surface area contributed by atoms with Crippen LogP contribution in [0.5, 0.6) is 17.2 Å². The molecule has 0 N–H and O–H groups in total. The van der Waals surface area contributed by atoms with Gasteiger partial charge in [-0.1, -0.05) is 55.8 Å². The highest BCUT2D eigenvalue weighted by Gasteiger charge is 2.21. The number of aryl methyl sites for hydroxylation is 1. The Bertz CT molecular complexity index is 970. The predicted octanol–water partition coefficient (Wildman–Crippen LogP) is 7.97. The van der Waals surface area contributed by atoms with Gasteiger partial charge in [-0.2, -0.15) is 0 Å². The van der Waals surface area contributed by atoms with E-state index >= 15 is 0 Å². The van der Waals surface area contributed by atoms with E-state index in [1.807, 2.05) is 55.5 Å². The molecule has 3 aromatic rings. The predicted molar refractivity (Wildman–Crippen MR) is 122 cm³/mol. The number of benzene rings is 3. The molecule has 0 unspecified atom stereocenters. The second kappa shape index (κ2) is 9.99. The second-order valence-electron chi connectivity index (χ2n) is 8.00. The minimum Gasteiger partial charge on any atom is -0.492 e. The quantitative estimate of drug-likeness (QED) is 0.345. The molecule has 2 nitrogen and oxygen atoms in total. The minimum absolute atomic E-state index is 0.0300. The van der Waals surface area contributed by atoms with Crippen molar-refractivity contribution in [3.05, 3.63) is 88.7 Å².